The van der Waals surface area contributed by atoms with E-state index in [2.05, 4.69) is 42.9 Å². The van der Waals surface area contributed by atoms with Crippen LogP contribution in [0.2, 0.25) is 0 Å². The highest BCUT2D eigenvalue weighted by Crippen LogP contribution is 2.40. The van der Waals surface area contributed by atoms with Crippen molar-refractivity contribution in [2.24, 2.45) is 5.41 Å². The molecule has 2 aromatic rings. The Hall–Kier alpha value is -2.54. The number of morpholine rings is 1. The standard InChI is InChI=1S/C25H33FN4O2/c1-16-14-30(15-17(2)32-16)24-27-13-19-21(11-25(3,4)12-22(19)29-24)28-23(31)10-9-18-7-5-6-8-20(18)26/h5-8,13,16-17,21H,9-12,14-15H2,1-4H3,(H,28,31). The lowest BCUT2D eigenvalue weighted by Gasteiger charge is -2.38. The van der Waals surface area contributed by atoms with Crippen molar-refractivity contribution >= 4 is 11.9 Å². The third-order valence-electron chi connectivity index (χ3n) is 6.28. The molecule has 1 amide bonds. The number of halogens is 1. The Kier molecular flexibility index (Phi) is 6.47. The summed E-state index contributed by atoms with van der Waals surface area (Å²) in [6, 6.07) is 6.47. The number of amides is 1. The fourth-order valence-corrected chi connectivity index (χ4v) is 4.87. The Morgan fingerprint density at radius 1 is 1.25 bits per heavy atom. The van der Waals surface area contributed by atoms with Crippen LogP contribution in [-0.4, -0.2) is 41.2 Å². The second-order valence-corrected chi connectivity index (χ2v) is 9.99. The van der Waals surface area contributed by atoms with E-state index in [1.807, 2.05) is 6.20 Å². The van der Waals surface area contributed by atoms with Crippen LogP contribution < -0.4 is 10.2 Å². The second-order valence-electron chi connectivity index (χ2n) is 9.99. The largest absolute Gasteiger partial charge is 0.372 e. The number of hydrogen-bond acceptors (Lipinski definition) is 5. The molecule has 7 heteroatoms. The third kappa shape index (κ3) is 5.26. The number of carbonyl (C=O) groups is 1. The van der Waals surface area contributed by atoms with Crippen LogP contribution >= 0.6 is 0 Å². The number of benzene rings is 1. The number of aryl methyl sites for hydroxylation is 1. The van der Waals surface area contributed by atoms with Gasteiger partial charge in [-0.25, -0.2) is 14.4 Å². The number of rotatable bonds is 5. The molecule has 2 aliphatic rings. The molecule has 3 unspecified atom stereocenters. The lowest BCUT2D eigenvalue weighted by molar-refractivity contribution is -0.122. The number of nitrogens with zero attached hydrogens (tertiary/aromatic N) is 3. The molecule has 2 heterocycles. The number of anilines is 1. The maximum absolute atomic E-state index is 13.9. The third-order valence-corrected chi connectivity index (χ3v) is 6.28. The smallest absolute Gasteiger partial charge is 0.225 e. The van der Waals surface area contributed by atoms with Gasteiger partial charge in [0.2, 0.25) is 11.9 Å². The Labute approximate surface area is 189 Å². The molecule has 0 saturated carbocycles. The summed E-state index contributed by atoms with van der Waals surface area (Å²) in [5.74, 6) is 0.381. The SMILES string of the molecule is CC1CN(c2ncc3c(n2)CC(C)(C)CC3NC(=O)CCc2ccccc2F)CC(C)O1. The van der Waals surface area contributed by atoms with E-state index < -0.39 is 0 Å². The average molecular weight is 441 g/mol. The molecule has 1 saturated heterocycles. The van der Waals surface area contributed by atoms with E-state index in [4.69, 9.17) is 9.72 Å². The summed E-state index contributed by atoms with van der Waals surface area (Å²) < 4.78 is 19.7. The molecule has 1 fully saturated rings. The van der Waals surface area contributed by atoms with Gasteiger partial charge in [-0.3, -0.25) is 4.79 Å². The molecule has 3 atom stereocenters. The van der Waals surface area contributed by atoms with Crippen molar-refractivity contribution in [1.29, 1.82) is 0 Å². The molecule has 172 valence electrons. The minimum absolute atomic E-state index is 0.00764. The molecule has 1 aromatic heterocycles. The van der Waals surface area contributed by atoms with Crippen LogP contribution in [-0.2, 0) is 22.4 Å². The van der Waals surface area contributed by atoms with Crippen LogP contribution in [0.3, 0.4) is 0 Å². The number of ether oxygens (including phenoxy) is 1. The number of nitrogens with one attached hydrogen (secondary N) is 1. The zero-order chi connectivity index (χ0) is 22.9. The first-order valence-corrected chi connectivity index (χ1v) is 11.5. The Morgan fingerprint density at radius 3 is 2.69 bits per heavy atom. The van der Waals surface area contributed by atoms with E-state index >= 15 is 0 Å². The molecule has 0 radical (unpaired) electrons. The van der Waals surface area contributed by atoms with Gasteiger partial charge >= 0.3 is 0 Å². The van der Waals surface area contributed by atoms with Gasteiger partial charge in [0.25, 0.3) is 0 Å². The van der Waals surface area contributed by atoms with Gasteiger partial charge < -0.3 is 15.0 Å². The van der Waals surface area contributed by atoms with Crippen LogP contribution in [0.15, 0.2) is 30.5 Å². The summed E-state index contributed by atoms with van der Waals surface area (Å²) in [5, 5.41) is 3.16. The van der Waals surface area contributed by atoms with Crippen molar-refractivity contribution < 1.29 is 13.9 Å². The van der Waals surface area contributed by atoms with Gasteiger partial charge in [0.15, 0.2) is 0 Å². The van der Waals surface area contributed by atoms with Gasteiger partial charge in [0.1, 0.15) is 5.82 Å². The summed E-state index contributed by atoms with van der Waals surface area (Å²) >= 11 is 0. The lowest BCUT2D eigenvalue weighted by atomic mass is 9.74. The first kappa shape index (κ1) is 22.6. The highest BCUT2D eigenvalue weighted by molar-refractivity contribution is 5.76. The van der Waals surface area contributed by atoms with Crippen molar-refractivity contribution in [3.8, 4) is 0 Å². The van der Waals surface area contributed by atoms with Crippen molar-refractivity contribution in [3.05, 3.63) is 53.1 Å². The maximum atomic E-state index is 13.9. The molecular formula is C25H33FN4O2. The van der Waals surface area contributed by atoms with Crippen LogP contribution in [0.4, 0.5) is 10.3 Å². The predicted octanol–water partition coefficient (Wildman–Crippen LogP) is 3.99. The zero-order valence-electron chi connectivity index (χ0n) is 19.4. The van der Waals surface area contributed by atoms with Gasteiger partial charge in [-0.15, -0.1) is 0 Å². The van der Waals surface area contributed by atoms with E-state index in [0.717, 1.165) is 43.1 Å². The van der Waals surface area contributed by atoms with Crippen LogP contribution in [0, 0.1) is 11.2 Å². The lowest BCUT2D eigenvalue weighted by Crippen LogP contribution is -2.46. The van der Waals surface area contributed by atoms with E-state index in [0.29, 0.717) is 12.0 Å². The highest BCUT2D eigenvalue weighted by atomic mass is 19.1. The minimum atomic E-state index is -0.267. The Bertz CT molecular complexity index is 970. The molecule has 32 heavy (non-hydrogen) atoms. The molecule has 1 aromatic carbocycles. The van der Waals surface area contributed by atoms with Gasteiger partial charge in [0, 0.05) is 31.3 Å². The van der Waals surface area contributed by atoms with Crippen molar-refractivity contribution in [2.75, 3.05) is 18.0 Å². The number of carbonyl (C=O) groups excluding carboxylic acids is 1. The fourth-order valence-electron chi connectivity index (χ4n) is 4.87. The molecule has 0 spiro atoms. The second kappa shape index (κ2) is 9.14. The quantitative estimate of drug-likeness (QED) is 0.762. The molecule has 6 nitrogen and oxygen atoms in total. The molecular weight excluding hydrogens is 407 g/mol. The van der Waals surface area contributed by atoms with Gasteiger partial charge in [-0.1, -0.05) is 32.0 Å². The maximum Gasteiger partial charge on any atom is 0.225 e. The Balaban J connectivity index is 1.48. The van der Waals surface area contributed by atoms with Crippen LogP contribution in [0.25, 0.3) is 0 Å². The van der Waals surface area contributed by atoms with Crippen LogP contribution in [0.1, 0.15) is 63.4 Å². The van der Waals surface area contributed by atoms with Gasteiger partial charge in [0.05, 0.1) is 23.9 Å². The molecule has 1 N–H and O–H groups in total. The van der Waals surface area contributed by atoms with Crippen molar-refractivity contribution in [3.63, 3.8) is 0 Å². The van der Waals surface area contributed by atoms with Gasteiger partial charge in [-0.2, -0.15) is 0 Å². The van der Waals surface area contributed by atoms with Crippen molar-refractivity contribution in [2.45, 2.75) is 71.6 Å². The topological polar surface area (TPSA) is 67.4 Å². The Morgan fingerprint density at radius 2 is 1.97 bits per heavy atom. The highest BCUT2D eigenvalue weighted by Gasteiger charge is 2.35. The summed E-state index contributed by atoms with van der Waals surface area (Å²) in [5.41, 5.74) is 2.56. The average Bonchev–Trinajstić information content (AvgIpc) is 2.71. The predicted molar refractivity (Wildman–Crippen MR) is 122 cm³/mol. The fraction of sp³-hybridized carbons (Fsp3) is 0.560. The monoisotopic (exact) mass is 440 g/mol. The summed E-state index contributed by atoms with van der Waals surface area (Å²) in [4.78, 5) is 24.5. The zero-order valence-corrected chi connectivity index (χ0v) is 19.4. The van der Waals surface area contributed by atoms with E-state index in [9.17, 15) is 9.18 Å². The normalized spacial score (nSPS) is 24.7. The van der Waals surface area contributed by atoms with Crippen LogP contribution in [0.5, 0.6) is 0 Å². The summed E-state index contributed by atoms with van der Waals surface area (Å²) in [6.07, 6.45) is 4.43. The number of aromatic nitrogens is 2. The minimum Gasteiger partial charge on any atom is -0.372 e. The van der Waals surface area contributed by atoms with Gasteiger partial charge in [-0.05, 0) is 50.2 Å². The number of hydrogen-bond donors (Lipinski definition) is 1. The first-order chi connectivity index (χ1) is 15.2. The van der Waals surface area contributed by atoms with Crippen molar-refractivity contribution in [1.82, 2.24) is 15.3 Å². The summed E-state index contributed by atoms with van der Waals surface area (Å²) in [6.45, 7) is 10.1. The summed E-state index contributed by atoms with van der Waals surface area (Å²) in [7, 11) is 0. The molecule has 1 aliphatic carbocycles. The van der Waals surface area contributed by atoms with E-state index in [1.165, 1.54) is 6.07 Å². The molecule has 4 rings (SSSR count). The van der Waals surface area contributed by atoms with E-state index in [-0.39, 0.29) is 41.8 Å². The number of fused-ring (bicyclic) bond motifs is 1. The first-order valence-electron chi connectivity index (χ1n) is 11.5. The van der Waals surface area contributed by atoms with E-state index in [1.54, 1.807) is 18.2 Å². The molecule has 0 bridgehead atoms. The molecule has 1 aliphatic heterocycles.